The average molecular weight is 493 g/mol. The number of nitrogens with zero attached hydrogens (tertiary/aromatic N) is 2. The number of fused-ring (bicyclic) bond motifs is 1. The number of aryl methyl sites for hydroxylation is 1. The Labute approximate surface area is 219 Å². The van der Waals surface area contributed by atoms with Gasteiger partial charge in [0.25, 0.3) is 0 Å². The van der Waals surface area contributed by atoms with Crippen molar-refractivity contribution in [2.45, 2.75) is 91.1 Å². The van der Waals surface area contributed by atoms with Crippen LogP contribution in [0, 0.1) is 17.8 Å². The van der Waals surface area contributed by atoms with E-state index in [0.29, 0.717) is 12.0 Å². The predicted molar refractivity (Wildman–Crippen MR) is 152 cm³/mol. The summed E-state index contributed by atoms with van der Waals surface area (Å²) in [4.78, 5) is 18.0. The highest BCUT2D eigenvalue weighted by Gasteiger charge is 2.37. The fraction of sp³-hybridized carbons (Fsp3) is 0.645. The molecule has 1 amide bonds. The maximum atomic E-state index is 13.0. The standard InChI is InChI=1S/C31H48N4O/c1-7-8-15-34-23(5)9-10-25-11-12-29(18-30(25)34)35(28-13-14-28)24(6)26-17-27(20-32-19-26)31(36)33-22(4)16-21(2)3/h11-12,18,21-22,26-28,32H,5-10,13-17,19-20H2,1-4H3,(H,33,36)/t22?,26-,27+/m1/s1. The van der Waals surface area contributed by atoms with E-state index in [1.165, 1.54) is 48.3 Å². The highest BCUT2D eigenvalue weighted by molar-refractivity contribution is 5.79. The molecule has 1 aromatic rings. The number of hydrogen-bond acceptors (Lipinski definition) is 4. The molecule has 0 aromatic heterocycles. The van der Waals surface area contributed by atoms with Gasteiger partial charge < -0.3 is 20.4 Å². The molecule has 1 unspecified atom stereocenters. The molecule has 0 bridgehead atoms. The number of benzene rings is 1. The Morgan fingerprint density at radius 2 is 1.94 bits per heavy atom. The molecule has 5 heteroatoms. The minimum atomic E-state index is -0.00689. The van der Waals surface area contributed by atoms with Crippen LogP contribution in [0.3, 0.4) is 0 Å². The van der Waals surface area contributed by atoms with Gasteiger partial charge in [0.1, 0.15) is 0 Å². The Bertz CT molecular complexity index is 950. The van der Waals surface area contributed by atoms with Gasteiger partial charge in [-0.1, -0.05) is 46.4 Å². The first kappa shape index (κ1) is 26.8. The van der Waals surface area contributed by atoms with E-state index in [4.69, 9.17) is 0 Å². The molecular formula is C31H48N4O. The molecule has 36 heavy (non-hydrogen) atoms. The van der Waals surface area contributed by atoms with Crippen LogP contribution in [0.2, 0.25) is 0 Å². The lowest BCUT2D eigenvalue weighted by Gasteiger charge is -2.38. The Kier molecular flexibility index (Phi) is 8.82. The lowest BCUT2D eigenvalue weighted by Crippen LogP contribution is -2.48. The second kappa shape index (κ2) is 11.9. The monoisotopic (exact) mass is 492 g/mol. The molecule has 1 saturated heterocycles. The molecule has 2 aliphatic heterocycles. The van der Waals surface area contributed by atoms with Crippen molar-refractivity contribution in [3.63, 3.8) is 0 Å². The van der Waals surface area contributed by atoms with E-state index in [-0.39, 0.29) is 23.8 Å². The van der Waals surface area contributed by atoms with Crippen molar-refractivity contribution < 1.29 is 4.79 Å². The van der Waals surface area contributed by atoms with Gasteiger partial charge in [-0.3, -0.25) is 4.79 Å². The third-order valence-corrected chi connectivity index (χ3v) is 8.07. The van der Waals surface area contributed by atoms with Crippen LogP contribution in [0.5, 0.6) is 0 Å². The van der Waals surface area contributed by atoms with Gasteiger partial charge in [0.2, 0.25) is 5.91 Å². The summed E-state index contributed by atoms with van der Waals surface area (Å²) in [5, 5.41) is 6.80. The Hall–Kier alpha value is -2.27. The van der Waals surface area contributed by atoms with E-state index in [1.54, 1.807) is 0 Å². The Morgan fingerprint density at radius 1 is 1.19 bits per heavy atom. The zero-order valence-corrected chi connectivity index (χ0v) is 23.1. The van der Waals surface area contributed by atoms with E-state index in [9.17, 15) is 4.79 Å². The van der Waals surface area contributed by atoms with E-state index in [0.717, 1.165) is 51.0 Å². The smallest absolute Gasteiger partial charge is 0.224 e. The average Bonchev–Trinajstić information content (AvgIpc) is 3.68. The maximum absolute atomic E-state index is 13.0. The number of carbonyl (C=O) groups excluding carboxylic acids is 1. The molecular weight excluding hydrogens is 444 g/mol. The predicted octanol–water partition coefficient (Wildman–Crippen LogP) is 6.01. The first-order valence-corrected chi connectivity index (χ1v) is 14.4. The molecule has 198 valence electrons. The van der Waals surface area contributed by atoms with Crippen molar-refractivity contribution >= 4 is 17.3 Å². The van der Waals surface area contributed by atoms with Gasteiger partial charge >= 0.3 is 0 Å². The molecule has 3 aliphatic rings. The summed E-state index contributed by atoms with van der Waals surface area (Å²) in [5.41, 5.74) is 6.40. The highest BCUT2D eigenvalue weighted by Crippen LogP contribution is 2.42. The summed E-state index contributed by atoms with van der Waals surface area (Å²) < 4.78 is 0. The molecule has 2 fully saturated rings. The van der Waals surface area contributed by atoms with Crippen LogP contribution >= 0.6 is 0 Å². The summed E-state index contributed by atoms with van der Waals surface area (Å²) in [6, 6.07) is 7.73. The maximum Gasteiger partial charge on any atom is 0.224 e. The third-order valence-electron chi connectivity index (χ3n) is 8.07. The number of amides is 1. The van der Waals surface area contributed by atoms with Crippen LogP contribution in [-0.2, 0) is 11.2 Å². The zero-order valence-electron chi connectivity index (χ0n) is 23.1. The molecule has 5 nitrogen and oxygen atoms in total. The molecule has 2 N–H and O–H groups in total. The Balaban J connectivity index is 1.49. The van der Waals surface area contributed by atoms with Crippen LogP contribution in [0.25, 0.3) is 0 Å². The van der Waals surface area contributed by atoms with Crippen molar-refractivity contribution in [1.29, 1.82) is 0 Å². The summed E-state index contributed by atoms with van der Waals surface area (Å²) >= 11 is 0. The van der Waals surface area contributed by atoms with E-state index >= 15 is 0 Å². The zero-order chi connectivity index (χ0) is 25.8. The summed E-state index contributed by atoms with van der Waals surface area (Å²) in [6.07, 6.45) is 8.76. The van der Waals surface area contributed by atoms with Gasteiger partial charge in [-0.25, -0.2) is 0 Å². The van der Waals surface area contributed by atoms with Crippen molar-refractivity contribution in [3.8, 4) is 0 Å². The van der Waals surface area contributed by atoms with Gasteiger partial charge in [0.05, 0.1) is 5.92 Å². The number of anilines is 2. The highest BCUT2D eigenvalue weighted by atomic mass is 16.2. The molecule has 0 spiro atoms. The SMILES string of the molecule is C=C1CCc2ccc(N(C(=C)[C@H]3CNC[C@@H](C(=O)NC(C)CC(C)C)C3)C3CC3)cc2N1CCCC. The molecule has 1 aliphatic carbocycles. The summed E-state index contributed by atoms with van der Waals surface area (Å²) in [5.74, 6) is 1.02. The van der Waals surface area contributed by atoms with E-state index in [1.807, 2.05) is 0 Å². The minimum Gasteiger partial charge on any atom is -0.353 e. The number of nitrogens with one attached hydrogen (secondary N) is 2. The summed E-state index contributed by atoms with van der Waals surface area (Å²) in [6.45, 7) is 20.5. The van der Waals surface area contributed by atoms with E-state index < -0.39 is 0 Å². The van der Waals surface area contributed by atoms with Crippen LogP contribution in [0.15, 0.2) is 42.8 Å². The summed E-state index contributed by atoms with van der Waals surface area (Å²) in [7, 11) is 0. The molecule has 1 saturated carbocycles. The van der Waals surface area contributed by atoms with Crippen molar-refractivity contribution in [2.24, 2.45) is 17.8 Å². The van der Waals surface area contributed by atoms with Crippen LogP contribution in [0.4, 0.5) is 11.4 Å². The fourth-order valence-corrected chi connectivity index (χ4v) is 6.01. The largest absolute Gasteiger partial charge is 0.353 e. The van der Waals surface area contributed by atoms with E-state index in [2.05, 4.69) is 79.5 Å². The molecule has 0 radical (unpaired) electrons. The second-order valence-electron chi connectivity index (χ2n) is 11.8. The van der Waals surface area contributed by atoms with Crippen LogP contribution < -0.4 is 20.4 Å². The van der Waals surface area contributed by atoms with Crippen molar-refractivity contribution in [1.82, 2.24) is 10.6 Å². The Morgan fingerprint density at radius 3 is 2.64 bits per heavy atom. The molecule has 1 aromatic carbocycles. The first-order valence-electron chi connectivity index (χ1n) is 14.4. The number of rotatable bonds is 11. The minimum absolute atomic E-state index is 0.00689. The number of piperidine rings is 1. The first-order chi connectivity index (χ1) is 17.3. The lowest BCUT2D eigenvalue weighted by molar-refractivity contribution is -0.126. The van der Waals surface area contributed by atoms with Gasteiger partial charge in [-0.15, -0.1) is 0 Å². The normalized spacial score (nSPS) is 22.8. The van der Waals surface area contributed by atoms with Crippen molar-refractivity contribution in [3.05, 3.63) is 48.3 Å². The van der Waals surface area contributed by atoms with Gasteiger partial charge in [0.15, 0.2) is 0 Å². The topological polar surface area (TPSA) is 47.6 Å². The number of carbonyl (C=O) groups is 1. The number of allylic oxidation sites excluding steroid dienone is 1. The quantitative estimate of drug-likeness (QED) is 0.397. The second-order valence-corrected chi connectivity index (χ2v) is 11.8. The van der Waals surface area contributed by atoms with Crippen molar-refractivity contribution in [2.75, 3.05) is 29.4 Å². The molecule has 4 rings (SSSR count). The number of unbranched alkanes of at least 4 members (excludes halogenated alkanes) is 1. The third kappa shape index (κ3) is 6.34. The van der Waals surface area contributed by atoms with Gasteiger partial charge in [0, 0.05) is 60.4 Å². The molecule has 2 heterocycles. The lowest BCUT2D eigenvalue weighted by atomic mass is 9.87. The fourth-order valence-electron chi connectivity index (χ4n) is 6.01. The number of hydrogen-bond donors (Lipinski definition) is 2. The van der Waals surface area contributed by atoms with Crippen LogP contribution in [-0.4, -0.2) is 37.6 Å². The molecule has 3 atom stereocenters. The van der Waals surface area contributed by atoms with Gasteiger partial charge in [-0.05, 0) is 75.5 Å². The van der Waals surface area contributed by atoms with Gasteiger partial charge in [-0.2, -0.15) is 0 Å². The van der Waals surface area contributed by atoms with Crippen LogP contribution in [0.1, 0.15) is 78.2 Å².